The topological polar surface area (TPSA) is 39.7 Å². The number of thioether (sulfide) groups is 1. The number of nitrogens with one attached hydrogen (secondary N) is 2. The lowest BCUT2D eigenvalue weighted by Crippen LogP contribution is -2.42. The van der Waals surface area contributed by atoms with Gasteiger partial charge in [0.1, 0.15) is 0 Å². The van der Waals surface area contributed by atoms with E-state index in [1.807, 2.05) is 13.0 Å². The number of nitrogens with zero attached hydrogens (tertiary/aromatic N) is 2. The highest BCUT2D eigenvalue weighted by atomic mass is 32.2. The highest BCUT2D eigenvalue weighted by molar-refractivity contribution is 8.15. The van der Waals surface area contributed by atoms with E-state index < -0.39 is 0 Å². The quantitative estimate of drug-likeness (QED) is 0.176. The molecule has 0 spiro atoms. The molecule has 4 nitrogen and oxygen atoms in total. The van der Waals surface area contributed by atoms with Crippen molar-refractivity contribution in [2.75, 3.05) is 26.7 Å². The smallest absolute Gasteiger partial charge is 0.0651 e. The maximum absolute atomic E-state index is 4.32. The zero-order valence-electron chi connectivity index (χ0n) is 20.8. The molecule has 174 valence electrons. The van der Waals surface area contributed by atoms with Crippen molar-refractivity contribution in [2.45, 2.75) is 53.6 Å². The third-order valence-corrected chi connectivity index (χ3v) is 5.56. The Hall–Kier alpha value is -1.98. The van der Waals surface area contributed by atoms with Crippen molar-refractivity contribution in [2.24, 2.45) is 10.9 Å². The Kier molecular flexibility index (Phi) is 14.8. The van der Waals surface area contributed by atoms with E-state index in [1.165, 1.54) is 11.8 Å². The van der Waals surface area contributed by atoms with Gasteiger partial charge in [-0.3, -0.25) is 4.99 Å². The van der Waals surface area contributed by atoms with Crippen LogP contribution in [-0.4, -0.2) is 49.2 Å². The first kappa shape index (κ1) is 29.0. The van der Waals surface area contributed by atoms with E-state index >= 15 is 0 Å². The monoisotopic (exact) mass is 444 g/mol. The van der Waals surface area contributed by atoms with Crippen molar-refractivity contribution in [1.82, 2.24) is 15.5 Å². The van der Waals surface area contributed by atoms with Crippen molar-refractivity contribution >= 4 is 17.3 Å². The molecule has 0 fully saturated rings. The van der Waals surface area contributed by atoms with Crippen LogP contribution in [0.5, 0.6) is 0 Å². The number of allylic oxidation sites excluding steroid dienone is 3. The first-order valence-corrected chi connectivity index (χ1v) is 11.8. The summed E-state index contributed by atoms with van der Waals surface area (Å²) in [4.78, 5) is 7.20. The van der Waals surface area contributed by atoms with Gasteiger partial charge in [0.15, 0.2) is 0 Å². The first-order valence-electron chi connectivity index (χ1n) is 10.9. The molecule has 0 aromatic heterocycles. The van der Waals surface area contributed by atoms with E-state index in [1.54, 1.807) is 12.6 Å². The maximum atomic E-state index is 4.32. The van der Waals surface area contributed by atoms with Crippen LogP contribution >= 0.6 is 11.8 Å². The molecular weight excluding hydrogens is 400 g/mol. The summed E-state index contributed by atoms with van der Waals surface area (Å²) in [5.74, 6) is 0.537. The highest BCUT2D eigenvalue weighted by Gasteiger charge is 2.19. The van der Waals surface area contributed by atoms with Crippen LogP contribution in [-0.2, 0) is 0 Å². The Morgan fingerprint density at radius 1 is 1.03 bits per heavy atom. The Morgan fingerprint density at radius 2 is 1.68 bits per heavy atom. The lowest BCUT2D eigenvalue weighted by molar-refractivity contribution is 0.251. The molecule has 0 bridgehead atoms. The van der Waals surface area contributed by atoms with Gasteiger partial charge in [0.05, 0.1) is 11.6 Å². The molecule has 0 aliphatic rings. The summed E-state index contributed by atoms with van der Waals surface area (Å²) in [7, 11) is 1.74. The molecule has 5 heteroatoms. The normalized spacial score (nSPS) is 13.3. The summed E-state index contributed by atoms with van der Waals surface area (Å²) in [6.07, 6.45) is 6.15. The van der Waals surface area contributed by atoms with Gasteiger partial charge in [-0.2, -0.15) is 0 Å². The summed E-state index contributed by atoms with van der Waals surface area (Å²) < 4.78 is 0. The van der Waals surface area contributed by atoms with E-state index in [-0.39, 0.29) is 6.04 Å². The zero-order valence-corrected chi connectivity index (χ0v) is 21.6. The van der Waals surface area contributed by atoms with Crippen molar-refractivity contribution in [3.05, 3.63) is 72.0 Å². The van der Waals surface area contributed by atoms with Gasteiger partial charge in [-0.15, -0.1) is 0 Å². The van der Waals surface area contributed by atoms with Crippen LogP contribution in [0.1, 0.15) is 41.5 Å². The second kappa shape index (κ2) is 15.8. The zero-order chi connectivity index (χ0) is 24.0. The van der Waals surface area contributed by atoms with Gasteiger partial charge in [0.2, 0.25) is 0 Å². The van der Waals surface area contributed by atoms with Crippen LogP contribution in [0, 0.1) is 5.92 Å². The molecule has 31 heavy (non-hydrogen) atoms. The Labute approximate surface area is 196 Å². The summed E-state index contributed by atoms with van der Waals surface area (Å²) in [5, 5.41) is 6.96. The van der Waals surface area contributed by atoms with Crippen LogP contribution < -0.4 is 10.6 Å². The van der Waals surface area contributed by atoms with E-state index in [4.69, 9.17) is 0 Å². The van der Waals surface area contributed by atoms with E-state index in [0.717, 1.165) is 40.5 Å². The first-order chi connectivity index (χ1) is 14.5. The van der Waals surface area contributed by atoms with E-state index in [2.05, 4.69) is 93.6 Å². The van der Waals surface area contributed by atoms with Crippen molar-refractivity contribution < 1.29 is 0 Å². The SMILES string of the molecule is C=C(/C=C\C(=C/C)CNC(=C)C(C)N(CC(C)C)C(=C)CNC(C)C)C(=C)S/C=N\C. The predicted molar refractivity (Wildman–Crippen MR) is 144 cm³/mol. The molecule has 0 aromatic carbocycles. The van der Waals surface area contributed by atoms with Gasteiger partial charge in [-0.05, 0) is 30.9 Å². The summed E-state index contributed by atoms with van der Waals surface area (Å²) >= 11 is 1.48. The molecule has 0 aromatic rings. The molecule has 0 heterocycles. The Morgan fingerprint density at radius 3 is 2.19 bits per heavy atom. The average molecular weight is 445 g/mol. The third kappa shape index (κ3) is 12.5. The average Bonchev–Trinajstić information content (AvgIpc) is 2.72. The standard InChI is InChI=1S/C26H44N4S/c1-12-26(14-13-21(6)25(10)31-18-27-11)16-29-23(8)24(9)30(17-19(2)3)22(7)15-28-20(4)5/h12-14,18-20,24,28-29H,6-8,10,15-17H2,1-5,9,11H3/b14-13-,26-12+,27-18-. The number of hydrogen-bond acceptors (Lipinski definition) is 5. The lowest BCUT2D eigenvalue weighted by Gasteiger charge is -2.36. The summed E-state index contributed by atoms with van der Waals surface area (Å²) in [6, 6.07) is 0.572. The fourth-order valence-corrected chi connectivity index (χ4v) is 3.13. The second-order valence-electron chi connectivity index (χ2n) is 8.33. The van der Waals surface area contributed by atoms with Gasteiger partial charge in [-0.25, -0.2) is 0 Å². The minimum absolute atomic E-state index is 0.144. The molecule has 0 saturated heterocycles. The fraction of sp³-hybridized carbons (Fsp3) is 0.500. The molecule has 2 N–H and O–H groups in total. The minimum atomic E-state index is 0.144. The van der Waals surface area contributed by atoms with Gasteiger partial charge in [-0.1, -0.05) is 84.0 Å². The molecule has 0 amide bonds. The molecule has 0 radical (unpaired) electrons. The van der Waals surface area contributed by atoms with Gasteiger partial charge < -0.3 is 15.5 Å². The molecule has 0 aliphatic carbocycles. The molecular formula is C26H44N4S. The van der Waals surface area contributed by atoms with Crippen LogP contribution in [0.4, 0.5) is 0 Å². The Balaban J connectivity index is 4.98. The van der Waals surface area contributed by atoms with Crippen molar-refractivity contribution in [3.8, 4) is 0 Å². The molecule has 0 saturated carbocycles. The molecule has 0 rings (SSSR count). The van der Waals surface area contributed by atoms with Gasteiger partial charge in [0.25, 0.3) is 0 Å². The molecule has 0 aliphatic heterocycles. The van der Waals surface area contributed by atoms with Crippen molar-refractivity contribution in [3.63, 3.8) is 0 Å². The highest BCUT2D eigenvalue weighted by Crippen LogP contribution is 2.20. The molecule has 1 atom stereocenters. The number of hydrogen-bond donors (Lipinski definition) is 2. The second-order valence-corrected chi connectivity index (χ2v) is 9.27. The maximum Gasteiger partial charge on any atom is 0.0651 e. The van der Waals surface area contributed by atoms with Crippen LogP contribution in [0.2, 0.25) is 0 Å². The predicted octanol–water partition coefficient (Wildman–Crippen LogP) is 5.91. The van der Waals surface area contributed by atoms with Crippen molar-refractivity contribution in [1.29, 1.82) is 0 Å². The van der Waals surface area contributed by atoms with Crippen LogP contribution in [0.3, 0.4) is 0 Å². The summed E-state index contributed by atoms with van der Waals surface area (Å²) in [6.45, 7) is 32.1. The minimum Gasteiger partial charge on any atom is -0.383 e. The third-order valence-electron chi connectivity index (χ3n) is 4.70. The molecule has 1 unspecified atom stereocenters. The van der Waals surface area contributed by atoms with Gasteiger partial charge >= 0.3 is 0 Å². The fourth-order valence-electron chi connectivity index (χ4n) is 2.68. The lowest BCUT2D eigenvalue weighted by atomic mass is 10.1. The Bertz CT molecular complexity index is 698. The number of aliphatic imine (C=N–C) groups is 1. The largest absolute Gasteiger partial charge is 0.383 e. The summed E-state index contributed by atoms with van der Waals surface area (Å²) in [5.41, 5.74) is 5.88. The number of rotatable bonds is 16. The van der Waals surface area contributed by atoms with E-state index in [9.17, 15) is 0 Å². The van der Waals surface area contributed by atoms with Crippen LogP contribution in [0.15, 0.2) is 77.0 Å². The van der Waals surface area contributed by atoms with Gasteiger partial charge in [0, 0.05) is 49.0 Å². The van der Waals surface area contributed by atoms with Crippen LogP contribution in [0.25, 0.3) is 0 Å². The van der Waals surface area contributed by atoms with E-state index in [0.29, 0.717) is 18.5 Å².